The van der Waals surface area contributed by atoms with Crippen molar-refractivity contribution in [2.75, 3.05) is 5.32 Å². The van der Waals surface area contributed by atoms with Gasteiger partial charge in [-0.15, -0.1) is 0 Å². The number of nitrogens with one attached hydrogen (secondary N) is 1. The maximum Gasteiger partial charge on any atom is 0.261 e. The van der Waals surface area contributed by atoms with Crippen molar-refractivity contribution in [3.05, 3.63) is 23.8 Å². The average molecular weight is 260 g/mol. The number of hydrogen-bond acceptors (Lipinski definition) is 3. The zero-order chi connectivity index (χ0) is 11.8. The number of hydrogen-bond donors (Lipinski definition) is 1. The lowest BCUT2D eigenvalue weighted by atomic mass is 10.1. The van der Waals surface area contributed by atoms with Crippen LogP contribution in [0.1, 0.15) is 18.4 Å². The highest BCUT2D eigenvalue weighted by molar-refractivity contribution is 8.13. The number of benzene rings is 1. The molecular weight excluding hydrogens is 250 g/mol. The van der Waals surface area contributed by atoms with Crippen molar-refractivity contribution in [3.63, 3.8) is 0 Å². The van der Waals surface area contributed by atoms with Gasteiger partial charge in [0, 0.05) is 22.8 Å². The van der Waals surface area contributed by atoms with Crippen molar-refractivity contribution < 1.29 is 13.2 Å². The topological polar surface area (TPSA) is 63.2 Å². The van der Waals surface area contributed by atoms with E-state index in [1.165, 1.54) is 12.1 Å². The van der Waals surface area contributed by atoms with E-state index in [4.69, 9.17) is 10.7 Å². The summed E-state index contributed by atoms with van der Waals surface area (Å²) in [7, 11) is 1.49. The van der Waals surface area contributed by atoms with Crippen LogP contribution in [0.2, 0.25) is 0 Å². The standard InChI is InChI=1S/C10H10ClNO3S/c11-16(14,15)8-5-4-7-2-1-3-10(13)12-9(7)6-8/h4-6H,1-3H2,(H,12,13). The zero-order valence-corrected chi connectivity index (χ0v) is 9.94. The molecular formula is C10H10ClNO3S. The summed E-state index contributed by atoms with van der Waals surface area (Å²) in [6.07, 6.45) is 1.99. The molecule has 0 aromatic heterocycles. The first-order valence-electron chi connectivity index (χ1n) is 4.84. The number of amides is 1. The number of fused-ring (bicyclic) bond motifs is 1. The number of aryl methyl sites for hydroxylation is 1. The van der Waals surface area contributed by atoms with Crippen molar-refractivity contribution >= 4 is 31.3 Å². The Hall–Kier alpha value is -1.07. The van der Waals surface area contributed by atoms with Gasteiger partial charge in [-0.3, -0.25) is 4.79 Å². The van der Waals surface area contributed by atoms with Crippen LogP contribution in [0, 0.1) is 0 Å². The molecule has 1 aliphatic heterocycles. The maximum absolute atomic E-state index is 11.3. The SMILES string of the molecule is O=C1CCCc2ccc(S(=O)(=O)Cl)cc2N1. The van der Waals surface area contributed by atoms with Crippen LogP contribution in [0.3, 0.4) is 0 Å². The predicted octanol–water partition coefficient (Wildman–Crippen LogP) is 1.89. The van der Waals surface area contributed by atoms with Gasteiger partial charge in [0.05, 0.1) is 4.90 Å². The number of carbonyl (C=O) groups is 1. The molecule has 0 unspecified atom stereocenters. The smallest absolute Gasteiger partial charge is 0.261 e. The molecule has 1 heterocycles. The first kappa shape index (κ1) is 11.4. The fourth-order valence-electron chi connectivity index (χ4n) is 1.69. The second kappa shape index (κ2) is 4.07. The van der Waals surface area contributed by atoms with Crippen molar-refractivity contribution in [3.8, 4) is 0 Å². The lowest BCUT2D eigenvalue weighted by molar-refractivity contribution is -0.116. The van der Waals surface area contributed by atoms with Crippen molar-refractivity contribution in [1.82, 2.24) is 0 Å². The van der Waals surface area contributed by atoms with Gasteiger partial charge in [-0.05, 0) is 30.5 Å². The minimum absolute atomic E-state index is 0.00937. The molecule has 0 radical (unpaired) electrons. The molecule has 0 saturated carbocycles. The fourth-order valence-corrected chi connectivity index (χ4v) is 2.47. The van der Waals surface area contributed by atoms with Crippen LogP contribution in [0.15, 0.2) is 23.1 Å². The molecule has 1 N–H and O–H groups in total. The zero-order valence-electron chi connectivity index (χ0n) is 8.36. The third kappa shape index (κ3) is 2.36. The number of anilines is 1. The molecule has 16 heavy (non-hydrogen) atoms. The van der Waals surface area contributed by atoms with Crippen LogP contribution in [0.25, 0.3) is 0 Å². The summed E-state index contributed by atoms with van der Waals surface area (Å²) < 4.78 is 22.3. The van der Waals surface area contributed by atoms with E-state index in [2.05, 4.69) is 5.32 Å². The third-order valence-corrected chi connectivity index (χ3v) is 3.84. The van der Waals surface area contributed by atoms with Crippen LogP contribution in [0.4, 0.5) is 5.69 Å². The summed E-state index contributed by atoms with van der Waals surface area (Å²) in [5.74, 6) is -0.0946. The van der Waals surface area contributed by atoms with Crippen molar-refractivity contribution in [1.29, 1.82) is 0 Å². The van der Waals surface area contributed by atoms with E-state index in [1.54, 1.807) is 6.07 Å². The Balaban J connectivity index is 2.49. The van der Waals surface area contributed by atoms with E-state index in [0.29, 0.717) is 12.1 Å². The van der Waals surface area contributed by atoms with Crippen molar-refractivity contribution in [2.24, 2.45) is 0 Å². The Morgan fingerprint density at radius 3 is 2.69 bits per heavy atom. The maximum atomic E-state index is 11.3. The molecule has 0 atom stereocenters. The molecule has 1 aliphatic rings. The highest BCUT2D eigenvalue weighted by Gasteiger charge is 2.16. The Kier molecular flexibility index (Phi) is 2.90. The van der Waals surface area contributed by atoms with Gasteiger partial charge in [0.2, 0.25) is 5.91 Å². The van der Waals surface area contributed by atoms with Crippen LogP contribution >= 0.6 is 10.7 Å². The van der Waals surface area contributed by atoms with Crippen molar-refractivity contribution in [2.45, 2.75) is 24.2 Å². The molecule has 1 aromatic rings. The quantitative estimate of drug-likeness (QED) is 0.784. The van der Waals surface area contributed by atoms with Gasteiger partial charge >= 0.3 is 0 Å². The van der Waals surface area contributed by atoms with Gasteiger partial charge in [0.15, 0.2) is 0 Å². The first-order chi connectivity index (χ1) is 7.47. The Morgan fingerprint density at radius 2 is 2.00 bits per heavy atom. The lowest BCUT2D eigenvalue weighted by Crippen LogP contribution is -2.09. The molecule has 0 aliphatic carbocycles. The van der Waals surface area contributed by atoms with Gasteiger partial charge in [0.1, 0.15) is 0 Å². The summed E-state index contributed by atoms with van der Waals surface area (Å²) in [5.41, 5.74) is 1.49. The number of rotatable bonds is 1. The van der Waals surface area contributed by atoms with Crippen LogP contribution in [-0.4, -0.2) is 14.3 Å². The molecule has 1 aromatic carbocycles. The molecule has 2 rings (SSSR count). The highest BCUT2D eigenvalue weighted by Crippen LogP contribution is 2.26. The van der Waals surface area contributed by atoms with Gasteiger partial charge in [-0.25, -0.2) is 8.42 Å². The molecule has 0 bridgehead atoms. The molecule has 4 nitrogen and oxygen atoms in total. The fraction of sp³-hybridized carbons (Fsp3) is 0.300. The molecule has 0 saturated heterocycles. The van der Waals surface area contributed by atoms with E-state index in [1.807, 2.05) is 0 Å². The largest absolute Gasteiger partial charge is 0.326 e. The van der Waals surface area contributed by atoms with Crippen LogP contribution < -0.4 is 5.32 Å². The Morgan fingerprint density at radius 1 is 1.25 bits per heavy atom. The summed E-state index contributed by atoms with van der Waals surface area (Å²) in [5, 5.41) is 2.67. The van der Waals surface area contributed by atoms with E-state index in [9.17, 15) is 13.2 Å². The minimum atomic E-state index is -3.74. The van der Waals surface area contributed by atoms with E-state index >= 15 is 0 Å². The van der Waals surface area contributed by atoms with Crippen LogP contribution in [0.5, 0.6) is 0 Å². The van der Waals surface area contributed by atoms with Gasteiger partial charge in [0.25, 0.3) is 9.05 Å². The predicted molar refractivity (Wildman–Crippen MR) is 61.0 cm³/mol. The summed E-state index contributed by atoms with van der Waals surface area (Å²) >= 11 is 0. The second-order valence-corrected chi connectivity index (χ2v) is 6.22. The third-order valence-electron chi connectivity index (χ3n) is 2.49. The molecule has 1 amide bonds. The summed E-state index contributed by atoms with van der Waals surface area (Å²) in [4.78, 5) is 11.3. The Labute approximate surface area is 98.0 Å². The first-order valence-corrected chi connectivity index (χ1v) is 7.15. The average Bonchev–Trinajstić information content (AvgIpc) is 2.35. The molecule has 6 heteroatoms. The molecule has 0 fully saturated rings. The lowest BCUT2D eigenvalue weighted by Gasteiger charge is -2.07. The monoisotopic (exact) mass is 259 g/mol. The highest BCUT2D eigenvalue weighted by atomic mass is 35.7. The normalized spacial score (nSPS) is 16.2. The van der Waals surface area contributed by atoms with Gasteiger partial charge in [-0.2, -0.15) is 0 Å². The van der Waals surface area contributed by atoms with Gasteiger partial charge in [-0.1, -0.05) is 6.07 Å². The Bertz CT molecular complexity index is 539. The summed E-state index contributed by atoms with van der Waals surface area (Å²) in [6, 6.07) is 4.55. The van der Waals surface area contributed by atoms with E-state index in [0.717, 1.165) is 18.4 Å². The van der Waals surface area contributed by atoms with Crippen LogP contribution in [-0.2, 0) is 20.3 Å². The van der Waals surface area contributed by atoms with Gasteiger partial charge < -0.3 is 5.32 Å². The number of carbonyl (C=O) groups excluding carboxylic acids is 1. The minimum Gasteiger partial charge on any atom is -0.326 e. The summed E-state index contributed by atoms with van der Waals surface area (Å²) in [6.45, 7) is 0. The molecule has 0 spiro atoms. The van der Waals surface area contributed by atoms with E-state index in [-0.39, 0.29) is 10.8 Å². The second-order valence-electron chi connectivity index (χ2n) is 3.66. The molecule has 86 valence electrons. The van der Waals surface area contributed by atoms with E-state index < -0.39 is 9.05 Å². The number of halogens is 1.